The second-order valence-corrected chi connectivity index (χ2v) is 6.18. The maximum Gasteiger partial charge on any atom is 0.0964 e. The highest BCUT2D eigenvalue weighted by Crippen LogP contribution is 2.23. The smallest absolute Gasteiger partial charge is 0.0964 e. The summed E-state index contributed by atoms with van der Waals surface area (Å²) in [5.74, 6) is 0. The molecule has 3 aromatic rings. The normalized spacial score (nSPS) is 12.7. The number of aromatic nitrogens is 1. The van der Waals surface area contributed by atoms with E-state index in [2.05, 4.69) is 30.1 Å². The number of aryl methyl sites for hydroxylation is 1. The van der Waals surface area contributed by atoms with Crippen molar-refractivity contribution < 1.29 is 5.11 Å². The second-order valence-electron chi connectivity index (χ2n) is 5.06. The van der Waals surface area contributed by atoms with E-state index in [4.69, 9.17) is 0 Å². The Bertz CT molecular complexity index is 687. The van der Waals surface area contributed by atoms with Crippen molar-refractivity contribution in [2.75, 3.05) is 0 Å². The summed E-state index contributed by atoms with van der Waals surface area (Å²) in [4.78, 5) is 4.58. The summed E-state index contributed by atoms with van der Waals surface area (Å²) in [5.41, 5.74) is 3.47. The van der Waals surface area contributed by atoms with Crippen molar-refractivity contribution in [2.24, 2.45) is 0 Å². The molecule has 0 aliphatic heterocycles. The fourth-order valence-electron chi connectivity index (χ4n) is 2.37. The van der Waals surface area contributed by atoms with Crippen molar-refractivity contribution in [1.82, 2.24) is 4.98 Å². The Labute approximate surface area is 122 Å². The molecule has 3 heteroatoms. The minimum atomic E-state index is -0.378. The first-order chi connectivity index (χ1) is 9.72. The van der Waals surface area contributed by atoms with Crippen LogP contribution < -0.4 is 0 Å². The molecule has 1 N–H and O–H groups in total. The lowest BCUT2D eigenvalue weighted by Crippen LogP contribution is -2.14. The number of nitrogens with zero attached hydrogens (tertiary/aromatic N) is 1. The highest BCUT2D eigenvalue weighted by atomic mass is 32.1. The zero-order valence-corrected chi connectivity index (χ0v) is 12.2. The SMILES string of the molecule is Cc1ccccc1CC(O)Cc1nc2ccccc2s1. The van der Waals surface area contributed by atoms with Gasteiger partial charge in [0.15, 0.2) is 0 Å². The van der Waals surface area contributed by atoms with E-state index in [0.717, 1.165) is 10.5 Å². The molecule has 3 rings (SSSR count). The van der Waals surface area contributed by atoms with E-state index < -0.39 is 0 Å². The van der Waals surface area contributed by atoms with Gasteiger partial charge in [-0.05, 0) is 36.6 Å². The molecule has 0 saturated heterocycles. The van der Waals surface area contributed by atoms with Crippen LogP contribution in [0.4, 0.5) is 0 Å². The lowest BCUT2D eigenvalue weighted by atomic mass is 10.0. The minimum absolute atomic E-state index is 0.378. The van der Waals surface area contributed by atoms with E-state index in [1.165, 1.54) is 15.8 Å². The number of para-hydroxylation sites is 1. The molecule has 0 amide bonds. The average molecular weight is 283 g/mol. The number of aliphatic hydroxyl groups excluding tert-OH is 1. The van der Waals surface area contributed by atoms with Gasteiger partial charge in [0.25, 0.3) is 0 Å². The Kier molecular flexibility index (Phi) is 3.81. The molecular formula is C17H17NOS. The van der Waals surface area contributed by atoms with Crippen molar-refractivity contribution in [1.29, 1.82) is 0 Å². The number of benzene rings is 2. The highest BCUT2D eigenvalue weighted by molar-refractivity contribution is 7.18. The van der Waals surface area contributed by atoms with Gasteiger partial charge < -0.3 is 5.11 Å². The van der Waals surface area contributed by atoms with Crippen LogP contribution in [0, 0.1) is 6.92 Å². The van der Waals surface area contributed by atoms with E-state index >= 15 is 0 Å². The van der Waals surface area contributed by atoms with E-state index in [1.54, 1.807) is 11.3 Å². The number of aliphatic hydroxyl groups is 1. The quantitative estimate of drug-likeness (QED) is 0.791. The van der Waals surface area contributed by atoms with E-state index in [0.29, 0.717) is 12.8 Å². The fourth-order valence-corrected chi connectivity index (χ4v) is 3.41. The van der Waals surface area contributed by atoms with E-state index in [1.807, 2.05) is 30.3 Å². The topological polar surface area (TPSA) is 33.1 Å². The first-order valence-corrected chi connectivity index (χ1v) is 7.61. The second kappa shape index (κ2) is 5.73. The van der Waals surface area contributed by atoms with Gasteiger partial charge >= 0.3 is 0 Å². The Morgan fingerprint density at radius 3 is 2.60 bits per heavy atom. The van der Waals surface area contributed by atoms with Crippen molar-refractivity contribution in [3.63, 3.8) is 0 Å². The molecule has 0 radical (unpaired) electrons. The number of hydrogen-bond donors (Lipinski definition) is 1. The molecule has 1 heterocycles. The van der Waals surface area contributed by atoms with Crippen LogP contribution in [-0.2, 0) is 12.8 Å². The van der Waals surface area contributed by atoms with Gasteiger partial charge in [0.05, 0.1) is 21.3 Å². The number of hydrogen-bond acceptors (Lipinski definition) is 3. The third kappa shape index (κ3) is 2.89. The summed E-state index contributed by atoms with van der Waals surface area (Å²) >= 11 is 1.67. The van der Waals surface area contributed by atoms with Crippen molar-refractivity contribution in [2.45, 2.75) is 25.9 Å². The van der Waals surface area contributed by atoms with Gasteiger partial charge in [-0.3, -0.25) is 0 Å². The summed E-state index contributed by atoms with van der Waals surface area (Å²) in [6, 6.07) is 16.3. The van der Waals surface area contributed by atoms with Gasteiger partial charge in [-0.25, -0.2) is 4.98 Å². The predicted molar refractivity (Wildman–Crippen MR) is 84.2 cm³/mol. The monoisotopic (exact) mass is 283 g/mol. The molecule has 2 nitrogen and oxygen atoms in total. The molecule has 1 unspecified atom stereocenters. The van der Waals surface area contributed by atoms with E-state index in [-0.39, 0.29) is 6.10 Å². The van der Waals surface area contributed by atoms with Crippen LogP contribution in [0.15, 0.2) is 48.5 Å². The molecule has 0 aliphatic rings. The average Bonchev–Trinajstić information content (AvgIpc) is 2.83. The van der Waals surface area contributed by atoms with Crippen molar-refractivity contribution in [3.8, 4) is 0 Å². The first kappa shape index (κ1) is 13.3. The molecule has 1 atom stereocenters. The Morgan fingerprint density at radius 1 is 1.05 bits per heavy atom. The maximum absolute atomic E-state index is 10.3. The molecule has 0 bridgehead atoms. The lowest BCUT2D eigenvalue weighted by molar-refractivity contribution is 0.175. The third-order valence-electron chi connectivity index (χ3n) is 3.47. The third-order valence-corrected chi connectivity index (χ3v) is 4.52. The summed E-state index contributed by atoms with van der Waals surface area (Å²) in [5, 5.41) is 11.3. The zero-order chi connectivity index (χ0) is 13.9. The number of fused-ring (bicyclic) bond motifs is 1. The summed E-state index contributed by atoms with van der Waals surface area (Å²) in [6.07, 6.45) is 0.924. The van der Waals surface area contributed by atoms with Gasteiger partial charge in [-0.1, -0.05) is 36.4 Å². The minimum Gasteiger partial charge on any atom is -0.392 e. The molecule has 20 heavy (non-hydrogen) atoms. The molecule has 0 spiro atoms. The molecule has 0 fully saturated rings. The van der Waals surface area contributed by atoms with Gasteiger partial charge in [0, 0.05) is 6.42 Å². The van der Waals surface area contributed by atoms with Crippen molar-refractivity contribution >= 4 is 21.6 Å². The molecule has 0 saturated carbocycles. The number of thiazole rings is 1. The van der Waals surface area contributed by atoms with Crippen LogP contribution >= 0.6 is 11.3 Å². The Balaban J connectivity index is 1.72. The highest BCUT2D eigenvalue weighted by Gasteiger charge is 2.11. The Hall–Kier alpha value is -1.71. The molecule has 102 valence electrons. The van der Waals surface area contributed by atoms with Crippen LogP contribution in [-0.4, -0.2) is 16.2 Å². The van der Waals surface area contributed by atoms with Crippen molar-refractivity contribution in [3.05, 3.63) is 64.7 Å². The van der Waals surface area contributed by atoms with Crippen LogP contribution in [0.3, 0.4) is 0 Å². The van der Waals surface area contributed by atoms with Gasteiger partial charge in [0.2, 0.25) is 0 Å². The predicted octanol–water partition coefficient (Wildman–Crippen LogP) is 3.75. The van der Waals surface area contributed by atoms with Crippen LogP contribution in [0.25, 0.3) is 10.2 Å². The van der Waals surface area contributed by atoms with Crippen LogP contribution in [0.5, 0.6) is 0 Å². The van der Waals surface area contributed by atoms with Crippen LogP contribution in [0.2, 0.25) is 0 Å². The van der Waals surface area contributed by atoms with Gasteiger partial charge in [-0.2, -0.15) is 0 Å². The summed E-state index contributed by atoms with van der Waals surface area (Å²) in [6.45, 7) is 2.08. The summed E-state index contributed by atoms with van der Waals surface area (Å²) in [7, 11) is 0. The molecular weight excluding hydrogens is 266 g/mol. The summed E-state index contributed by atoms with van der Waals surface area (Å²) < 4.78 is 1.19. The van der Waals surface area contributed by atoms with Gasteiger partial charge in [0.1, 0.15) is 0 Å². The molecule has 2 aromatic carbocycles. The van der Waals surface area contributed by atoms with E-state index in [9.17, 15) is 5.11 Å². The van der Waals surface area contributed by atoms with Gasteiger partial charge in [-0.15, -0.1) is 11.3 Å². The largest absolute Gasteiger partial charge is 0.392 e. The zero-order valence-electron chi connectivity index (χ0n) is 11.4. The molecule has 1 aromatic heterocycles. The lowest BCUT2D eigenvalue weighted by Gasteiger charge is -2.10. The van der Waals surface area contributed by atoms with Crippen LogP contribution in [0.1, 0.15) is 16.1 Å². The Morgan fingerprint density at radius 2 is 1.80 bits per heavy atom. The molecule has 0 aliphatic carbocycles. The standard InChI is InChI=1S/C17H17NOS/c1-12-6-2-3-7-13(12)10-14(19)11-17-18-15-8-4-5-9-16(15)20-17/h2-9,14,19H,10-11H2,1H3. The number of rotatable bonds is 4. The fraction of sp³-hybridized carbons (Fsp3) is 0.235. The first-order valence-electron chi connectivity index (χ1n) is 6.79. The maximum atomic E-state index is 10.3.